The van der Waals surface area contributed by atoms with Gasteiger partial charge in [-0.25, -0.2) is 4.98 Å². The number of pyridine rings is 1. The molecular formula is C12H7Br2N3. The Hall–Kier alpha value is -1.38. The molecule has 0 aliphatic rings. The number of nitrogens with one attached hydrogen (secondary N) is 1. The Bertz CT molecular complexity index is 591. The van der Waals surface area contributed by atoms with E-state index in [4.69, 9.17) is 5.26 Å². The summed E-state index contributed by atoms with van der Waals surface area (Å²) < 4.78 is 1.73. The smallest absolute Gasteiger partial charge is 0.144 e. The molecule has 17 heavy (non-hydrogen) atoms. The van der Waals surface area contributed by atoms with Crippen LogP contribution in [-0.2, 0) is 0 Å². The molecule has 5 heteroatoms. The number of anilines is 2. The van der Waals surface area contributed by atoms with Crippen LogP contribution >= 0.6 is 31.9 Å². The number of aromatic nitrogens is 1. The lowest BCUT2D eigenvalue weighted by molar-refractivity contribution is 1.29. The van der Waals surface area contributed by atoms with Gasteiger partial charge in [-0.15, -0.1) is 0 Å². The van der Waals surface area contributed by atoms with Crippen LogP contribution in [-0.4, -0.2) is 4.98 Å². The van der Waals surface area contributed by atoms with E-state index in [-0.39, 0.29) is 0 Å². The van der Waals surface area contributed by atoms with Crippen LogP contribution in [0.1, 0.15) is 5.56 Å². The molecule has 0 atom stereocenters. The lowest BCUT2D eigenvalue weighted by Crippen LogP contribution is -1.96. The number of hydrogen-bond acceptors (Lipinski definition) is 3. The van der Waals surface area contributed by atoms with Crippen LogP contribution in [0.2, 0.25) is 0 Å². The van der Waals surface area contributed by atoms with Crippen molar-refractivity contribution < 1.29 is 0 Å². The van der Waals surface area contributed by atoms with E-state index in [0.29, 0.717) is 11.4 Å². The van der Waals surface area contributed by atoms with Gasteiger partial charge < -0.3 is 5.32 Å². The summed E-state index contributed by atoms with van der Waals surface area (Å²) in [7, 11) is 0. The molecule has 0 aliphatic carbocycles. The average molecular weight is 353 g/mol. The minimum absolute atomic E-state index is 0.567. The predicted octanol–water partition coefficient (Wildman–Crippen LogP) is 4.22. The first-order chi connectivity index (χ1) is 8.20. The summed E-state index contributed by atoms with van der Waals surface area (Å²) in [4.78, 5) is 4.19. The Morgan fingerprint density at radius 3 is 2.76 bits per heavy atom. The quantitative estimate of drug-likeness (QED) is 0.880. The molecule has 0 spiro atoms. The van der Waals surface area contributed by atoms with E-state index in [1.807, 2.05) is 24.3 Å². The van der Waals surface area contributed by atoms with Gasteiger partial charge >= 0.3 is 0 Å². The molecule has 0 amide bonds. The fourth-order valence-corrected chi connectivity index (χ4v) is 2.04. The highest BCUT2D eigenvalue weighted by Gasteiger charge is 2.05. The fraction of sp³-hybridized carbons (Fsp3) is 0. The molecule has 0 saturated heterocycles. The molecule has 0 unspecified atom stereocenters. The minimum Gasteiger partial charge on any atom is -0.338 e. The molecule has 2 aromatic rings. The number of benzene rings is 1. The third-order valence-electron chi connectivity index (χ3n) is 2.11. The molecule has 2 rings (SSSR count). The molecule has 3 nitrogen and oxygen atoms in total. The molecule has 0 fully saturated rings. The SMILES string of the molecule is N#Cc1cc(Br)ccc1Nc1ncccc1Br. The first kappa shape index (κ1) is 12.1. The maximum atomic E-state index is 9.05. The number of halogens is 2. The van der Waals surface area contributed by atoms with Gasteiger partial charge in [-0.1, -0.05) is 15.9 Å². The van der Waals surface area contributed by atoms with Gasteiger partial charge in [0, 0.05) is 10.7 Å². The normalized spacial score (nSPS) is 9.71. The van der Waals surface area contributed by atoms with Crippen molar-refractivity contribution in [3.05, 3.63) is 51.0 Å². The number of nitriles is 1. The van der Waals surface area contributed by atoms with Crippen molar-refractivity contribution in [1.29, 1.82) is 5.26 Å². The van der Waals surface area contributed by atoms with Crippen LogP contribution in [0.25, 0.3) is 0 Å². The maximum Gasteiger partial charge on any atom is 0.144 e. The zero-order chi connectivity index (χ0) is 12.3. The lowest BCUT2D eigenvalue weighted by atomic mass is 10.2. The highest BCUT2D eigenvalue weighted by atomic mass is 79.9. The maximum absolute atomic E-state index is 9.05. The summed E-state index contributed by atoms with van der Waals surface area (Å²) in [6, 6.07) is 11.3. The Kier molecular flexibility index (Phi) is 3.77. The van der Waals surface area contributed by atoms with Gasteiger partial charge in [-0.05, 0) is 46.3 Å². The van der Waals surface area contributed by atoms with E-state index in [9.17, 15) is 0 Å². The molecule has 0 saturated carbocycles. The molecule has 0 bridgehead atoms. The second kappa shape index (κ2) is 5.30. The molecule has 1 N–H and O–H groups in total. The average Bonchev–Trinajstić information content (AvgIpc) is 2.34. The first-order valence-corrected chi connectivity index (χ1v) is 6.36. The van der Waals surface area contributed by atoms with Gasteiger partial charge in [0.1, 0.15) is 11.9 Å². The zero-order valence-electron chi connectivity index (χ0n) is 8.61. The monoisotopic (exact) mass is 351 g/mol. The number of nitrogens with zero attached hydrogens (tertiary/aromatic N) is 2. The van der Waals surface area contributed by atoms with Gasteiger partial charge in [-0.2, -0.15) is 5.26 Å². The Balaban J connectivity index is 2.37. The first-order valence-electron chi connectivity index (χ1n) is 4.78. The largest absolute Gasteiger partial charge is 0.338 e. The Morgan fingerprint density at radius 2 is 2.06 bits per heavy atom. The van der Waals surface area contributed by atoms with Crippen molar-refractivity contribution >= 4 is 43.4 Å². The summed E-state index contributed by atoms with van der Waals surface area (Å²) in [5.41, 5.74) is 1.30. The summed E-state index contributed by atoms with van der Waals surface area (Å²) in [5, 5.41) is 12.2. The highest BCUT2D eigenvalue weighted by molar-refractivity contribution is 9.10. The van der Waals surface area contributed by atoms with E-state index < -0.39 is 0 Å². The van der Waals surface area contributed by atoms with Gasteiger partial charge in [0.05, 0.1) is 15.7 Å². The molecule has 1 aromatic heterocycles. The van der Waals surface area contributed by atoms with E-state index >= 15 is 0 Å². The van der Waals surface area contributed by atoms with Crippen LogP contribution in [0.3, 0.4) is 0 Å². The van der Waals surface area contributed by atoms with Crippen LogP contribution < -0.4 is 5.32 Å². The van der Waals surface area contributed by atoms with Crippen LogP contribution in [0.4, 0.5) is 11.5 Å². The van der Waals surface area contributed by atoms with Crippen LogP contribution in [0.15, 0.2) is 45.5 Å². The van der Waals surface area contributed by atoms with Crippen molar-refractivity contribution in [1.82, 2.24) is 4.98 Å². The molecular weight excluding hydrogens is 346 g/mol. The molecule has 1 aromatic carbocycles. The highest BCUT2D eigenvalue weighted by Crippen LogP contribution is 2.26. The predicted molar refractivity (Wildman–Crippen MR) is 74.1 cm³/mol. The Labute approximate surface area is 116 Å². The molecule has 1 heterocycles. The van der Waals surface area contributed by atoms with Gasteiger partial charge in [-0.3, -0.25) is 0 Å². The Morgan fingerprint density at radius 1 is 1.24 bits per heavy atom. The third kappa shape index (κ3) is 2.84. The molecule has 0 aliphatic heterocycles. The minimum atomic E-state index is 0.567. The van der Waals surface area contributed by atoms with E-state index in [0.717, 1.165) is 14.6 Å². The second-order valence-corrected chi connectivity index (χ2v) is 5.03. The third-order valence-corrected chi connectivity index (χ3v) is 3.25. The van der Waals surface area contributed by atoms with Crippen LogP contribution in [0.5, 0.6) is 0 Å². The van der Waals surface area contributed by atoms with Gasteiger partial charge in [0.25, 0.3) is 0 Å². The van der Waals surface area contributed by atoms with Gasteiger partial charge in [0.15, 0.2) is 0 Å². The zero-order valence-corrected chi connectivity index (χ0v) is 11.8. The number of hydrogen-bond donors (Lipinski definition) is 1. The van der Waals surface area contributed by atoms with Crippen molar-refractivity contribution in [2.24, 2.45) is 0 Å². The van der Waals surface area contributed by atoms with Crippen molar-refractivity contribution in [3.63, 3.8) is 0 Å². The van der Waals surface area contributed by atoms with E-state index in [1.165, 1.54) is 0 Å². The summed E-state index contributed by atoms with van der Waals surface area (Å²) in [5.74, 6) is 0.686. The number of rotatable bonds is 2. The fourth-order valence-electron chi connectivity index (χ4n) is 1.32. The standard InChI is InChI=1S/C12H7Br2N3/c13-9-3-4-11(8(6-9)7-15)17-12-10(14)2-1-5-16-12/h1-6H,(H,16,17). The molecule has 84 valence electrons. The van der Waals surface area contributed by atoms with Gasteiger partial charge in [0.2, 0.25) is 0 Å². The topological polar surface area (TPSA) is 48.7 Å². The summed E-state index contributed by atoms with van der Waals surface area (Å²) in [6.45, 7) is 0. The van der Waals surface area contributed by atoms with Crippen molar-refractivity contribution in [2.45, 2.75) is 0 Å². The molecule has 0 radical (unpaired) electrons. The van der Waals surface area contributed by atoms with E-state index in [1.54, 1.807) is 12.3 Å². The van der Waals surface area contributed by atoms with Crippen LogP contribution in [0, 0.1) is 11.3 Å². The lowest BCUT2D eigenvalue weighted by Gasteiger charge is -2.08. The summed E-state index contributed by atoms with van der Waals surface area (Å²) >= 11 is 6.73. The summed E-state index contributed by atoms with van der Waals surface area (Å²) in [6.07, 6.45) is 1.69. The second-order valence-electron chi connectivity index (χ2n) is 3.26. The van der Waals surface area contributed by atoms with Crippen molar-refractivity contribution in [2.75, 3.05) is 5.32 Å². The van der Waals surface area contributed by atoms with Crippen molar-refractivity contribution in [3.8, 4) is 6.07 Å². The van der Waals surface area contributed by atoms with E-state index in [2.05, 4.69) is 48.2 Å².